The standard InChI is InChI=1S/C20H27N3O4/c1-5-26-18(24)10-16-15-8-6-7-9-17(15)23(21-16)13-14-11-22(12-14)19(25)27-20(2,3)4/h6-9,14H,5,10-13H2,1-4H3. The van der Waals surface area contributed by atoms with Crippen LogP contribution in [0.3, 0.4) is 0 Å². The summed E-state index contributed by atoms with van der Waals surface area (Å²) in [6.07, 6.45) is -0.108. The van der Waals surface area contributed by atoms with Crippen molar-refractivity contribution in [2.24, 2.45) is 5.92 Å². The largest absolute Gasteiger partial charge is 0.466 e. The molecule has 0 unspecified atom stereocenters. The molecule has 0 aliphatic carbocycles. The summed E-state index contributed by atoms with van der Waals surface area (Å²) in [4.78, 5) is 25.6. The van der Waals surface area contributed by atoms with Gasteiger partial charge in [0.25, 0.3) is 0 Å². The summed E-state index contributed by atoms with van der Waals surface area (Å²) in [6, 6.07) is 7.88. The van der Waals surface area contributed by atoms with Crippen LogP contribution in [0.25, 0.3) is 10.9 Å². The molecule has 0 N–H and O–H groups in total. The third-order valence-corrected chi connectivity index (χ3v) is 4.39. The summed E-state index contributed by atoms with van der Waals surface area (Å²) < 4.78 is 12.4. The Balaban J connectivity index is 1.66. The molecule has 27 heavy (non-hydrogen) atoms. The molecule has 1 aliphatic rings. The number of hydrogen-bond donors (Lipinski definition) is 0. The van der Waals surface area contributed by atoms with E-state index in [2.05, 4.69) is 5.10 Å². The van der Waals surface area contributed by atoms with E-state index in [0.717, 1.165) is 16.6 Å². The molecule has 2 aromatic rings. The fourth-order valence-electron chi connectivity index (χ4n) is 3.22. The molecule has 0 atom stereocenters. The third kappa shape index (κ3) is 4.59. The molecular weight excluding hydrogens is 346 g/mol. The molecule has 0 bridgehead atoms. The molecule has 0 spiro atoms. The van der Waals surface area contributed by atoms with Crippen molar-refractivity contribution in [2.75, 3.05) is 19.7 Å². The lowest BCUT2D eigenvalue weighted by atomic mass is 10.0. The highest BCUT2D eigenvalue weighted by atomic mass is 16.6. The maximum atomic E-state index is 12.1. The average Bonchev–Trinajstić information content (AvgIpc) is 2.87. The Morgan fingerprint density at radius 3 is 2.59 bits per heavy atom. The van der Waals surface area contributed by atoms with E-state index in [4.69, 9.17) is 9.47 Å². The Morgan fingerprint density at radius 2 is 1.93 bits per heavy atom. The zero-order valence-corrected chi connectivity index (χ0v) is 16.4. The van der Waals surface area contributed by atoms with E-state index in [-0.39, 0.29) is 18.5 Å². The summed E-state index contributed by atoms with van der Waals surface area (Å²) in [5, 5.41) is 5.61. The number of benzene rings is 1. The van der Waals surface area contributed by atoms with Crippen LogP contribution in [0.4, 0.5) is 4.79 Å². The molecule has 3 rings (SSSR count). The van der Waals surface area contributed by atoms with E-state index in [1.54, 1.807) is 11.8 Å². The second-order valence-corrected chi connectivity index (χ2v) is 7.88. The van der Waals surface area contributed by atoms with Gasteiger partial charge in [0, 0.05) is 30.9 Å². The van der Waals surface area contributed by atoms with Crippen molar-refractivity contribution >= 4 is 23.0 Å². The predicted octanol–water partition coefficient (Wildman–Crippen LogP) is 3.01. The van der Waals surface area contributed by atoms with E-state index in [1.807, 2.05) is 49.7 Å². The molecule has 7 heteroatoms. The lowest BCUT2D eigenvalue weighted by Gasteiger charge is -2.39. The molecule has 146 valence electrons. The molecule has 0 radical (unpaired) electrons. The van der Waals surface area contributed by atoms with Gasteiger partial charge in [-0.05, 0) is 33.8 Å². The monoisotopic (exact) mass is 373 g/mol. The molecule has 1 aromatic heterocycles. The normalized spacial score (nSPS) is 14.9. The van der Waals surface area contributed by atoms with Gasteiger partial charge in [0.05, 0.1) is 24.2 Å². The predicted molar refractivity (Wildman–Crippen MR) is 101 cm³/mol. The number of hydrogen-bond acceptors (Lipinski definition) is 5. The zero-order valence-electron chi connectivity index (χ0n) is 16.4. The number of rotatable bonds is 5. The van der Waals surface area contributed by atoms with E-state index >= 15 is 0 Å². The van der Waals surface area contributed by atoms with E-state index in [1.165, 1.54) is 0 Å². The quantitative estimate of drug-likeness (QED) is 0.753. The van der Waals surface area contributed by atoms with Gasteiger partial charge in [-0.1, -0.05) is 18.2 Å². The second kappa shape index (κ2) is 7.58. The van der Waals surface area contributed by atoms with Gasteiger partial charge in [0.1, 0.15) is 5.60 Å². The first-order valence-electron chi connectivity index (χ1n) is 9.35. The van der Waals surface area contributed by atoms with Crippen molar-refractivity contribution < 1.29 is 19.1 Å². The van der Waals surface area contributed by atoms with Gasteiger partial charge in [-0.2, -0.15) is 5.10 Å². The van der Waals surface area contributed by atoms with Crippen molar-refractivity contribution in [2.45, 2.75) is 46.3 Å². The van der Waals surface area contributed by atoms with E-state index in [9.17, 15) is 9.59 Å². The Hall–Kier alpha value is -2.57. The summed E-state index contributed by atoms with van der Waals surface area (Å²) in [5.74, 6) is 0.0453. The van der Waals surface area contributed by atoms with Crippen molar-refractivity contribution in [3.63, 3.8) is 0 Å². The van der Waals surface area contributed by atoms with Crippen molar-refractivity contribution in [1.29, 1.82) is 0 Å². The minimum Gasteiger partial charge on any atom is -0.466 e. The van der Waals surface area contributed by atoms with Crippen molar-refractivity contribution in [1.82, 2.24) is 14.7 Å². The SMILES string of the molecule is CCOC(=O)Cc1nn(CC2CN(C(=O)OC(C)(C)C)C2)c2ccccc12. The zero-order chi connectivity index (χ0) is 19.6. The summed E-state index contributed by atoms with van der Waals surface area (Å²) in [6.45, 7) is 9.74. The molecule has 7 nitrogen and oxygen atoms in total. The fraction of sp³-hybridized carbons (Fsp3) is 0.550. The fourth-order valence-corrected chi connectivity index (χ4v) is 3.22. The van der Waals surface area contributed by atoms with Gasteiger partial charge in [0.15, 0.2) is 0 Å². The number of likely N-dealkylation sites (tertiary alicyclic amines) is 1. The number of carbonyl (C=O) groups is 2. The minimum atomic E-state index is -0.484. The number of carbonyl (C=O) groups excluding carboxylic acids is 2. The maximum absolute atomic E-state index is 12.1. The third-order valence-electron chi connectivity index (χ3n) is 4.39. The second-order valence-electron chi connectivity index (χ2n) is 7.88. The smallest absolute Gasteiger partial charge is 0.410 e. The first kappa shape index (κ1) is 19.2. The Morgan fingerprint density at radius 1 is 1.22 bits per heavy atom. The molecule has 1 amide bonds. The van der Waals surface area contributed by atoms with E-state index < -0.39 is 5.60 Å². The average molecular weight is 373 g/mol. The number of nitrogens with zero attached hydrogens (tertiary/aromatic N) is 3. The number of aromatic nitrogens is 2. The summed E-state index contributed by atoms with van der Waals surface area (Å²) in [5.41, 5.74) is 1.24. The number of fused-ring (bicyclic) bond motifs is 1. The van der Waals surface area contributed by atoms with Crippen LogP contribution >= 0.6 is 0 Å². The van der Waals surface area contributed by atoms with Crippen molar-refractivity contribution in [3.8, 4) is 0 Å². The molecule has 1 aromatic carbocycles. The van der Waals surface area contributed by atoms with Gasteiger partial charge < -0.3 is 14.4 Å². The highest BCUT2D eigenvalue weighted by molar-refractivity contribution is 5.86. The van der Waals surface area contributed by atoms with Gasteiger partial charge in [0.2, 0.25) is 0 Å². The van der Waals surface area contributed by atoms with Crippen LogP contribution in [0.1, 0.15) is 33.4 Å². The lowest BCUT2D eigenvalue weighted by Crippen LogP contribution is -2.52. The summed E-state index contributed by atoms with van der Waals surface area (Å²) >= 11 is 0. The minimum absolute atomic E-state index is 0.163. The molecule has 0 saturated carbocycles. The maximum Gasteiger partial charge on any atom is 0.410 e. The molecule has 1 saturated heterocycles. The van der Waals surface area contributed by atoms with E-state index in [0.29, 0.717) is 32.2 Å². The Kier molecular flexibility index (Phi) is 5.39. The highest BCUT2D eigenvalue weighted by Crippen LogP contribution is 2.24. The molecular formula is C20H27N3O4. The van der Waals surface area contributed by atoms with Gasteiger partial charge in [-0.25, -0.2) is 4.79 Å². The lowest BCUT2D eigenvalue weighted by molar-refractivity contribution is -0.142. The van der Waals surface area contributed by atoms with Crippen LogP contribution in [0.15, 0.2) is 24.3 Å². The first-order chi connectivity index (χ1) is 12.8. The highest BCUT2D eigenvalue weighted by Gasteiger charge is 2.34. The van der Waals surface area contributed by atoms with Gasteiger partial charge >= 0.3 is 12.1 Å². The van der Waals surface area contributed by atoms with Gasteiger partial charge in [-0.3, -0.25) is 9.48 Å². The number of ether oxygens (including phenoxy) is 2. The van der Waals surface area contributed by atoms with Gasteiger partial charge in [-0.15, -0.1) is 0 Å². The number of para-hydroxylation sites is 1. The van der Waals surface area contributed by atoms with Crippen LogP contribution in [0.2, 0.25) is 0 Å². The Bertz CT molecular complexity index is 831. The first-order valence-corrected chi connectivity index (χ1v) is 9.35. The van der Waals surface area contributed by atoms with Crippen LogP contribution in [0, 0.1) is 5.92 Å². The molecule has 1 aliphatic heterocycles. The number of esters is 1. The van der Waals surface area contributed by atoms with Crippen LogP contribution in [-0.4, -0.2) is 52.0 Å². The Labute approximate surface area is 159 Å². The van der Waals surface area contributed by atoms with Crippen LogP contribution in [0.5, 0.6) is 0 Å². The molecule has 2 heterocycles. The summed E-state index contributed by atoms with van der Waals surface area (Å²) in [7, 11) is 0. The molecule has 1 fully saturated rings. The number of amides is 1. The topological polar surface area (TPSA) is 73.7 Å². The van der Waals surface area contributed by atoms with Crippen molar-refractivity contribution in [3.05, 3.63) is 30.0 Å². The van der Waals surface area contributed by atoms with Crippen LogP contribution < -0.4 is 0 Å². The van der Waals surface area contributed by atoms with Crippen LogP contribution in [-0.2, 0) is 27.2 Å².